The zero-order valence-electron chi connectivity index (χ0n) is 16.4. The SMILES string of the molecule is CSCCOC(=O)C1=C(C)NC(=O)NC1c1ccccc1OCc1ccccc1. The fraction of sp³-hybridized carbons (Fsp3) is 0.273. The van der Waals surface area contributed by atoms with Gasteiger partial charge in [-0.2, -0.15) is 11.8 Å². The Morgan fingerprint density at radius 1 is 1.10 bits per heavy atom. The summed E-state index contributed by atoms with van der Waals surface area (Å²) < 4.78 is 11.4. The van der Waals surface area contributed by atoms with Crippen LogP contribution in [0.4, 0.5) is 4.79 Å². The number of esters is 1. The molecule has 6 nitrogen and oxygen atoms in total. The number of ether oxygens (including phenoxy) is 2. The van der Waals surface area contributed by atoms with E-state index in [1.54, 1.807) is 18.7 Å². The molecular weight excluding hydrogens is 388 g/mol. The molecule has 0 saturated heterocycles. The highest BCUT2D eigenvalue weighted by atomic mass is 32.2. The Kier molecular flexibility index (Phi) is 7.19. The highest BCUT2D eigenvalue weighted by Gasteiger charge is 2.33. The third kappa shape index (κ3) is 5.32. The van der Waals surface area contributed by atoms with Gasteiger partial charge in [0.15, 0.2) is 0 Å². The van der Waals surface area contributed by atoms with Gasteiger partial charge in [-0.05, 0) is 24.8 Å². The molecule has 0 bridgehead atoms. The molecule has 0 saturated carbocycles. The molecule has 29 heavy (non-hydrogen) atoms. The number of carbonyl (C=O) groups is 2. The van der Waals surface area contributed by atoms with Crippen LogP contribution in [-0.4, -0.2) is 30.6 Å². The molecule has 2 aromatic rings. The minimum atomic E-state index is -0.655. The topological polar surface area (TPSA) is 76.7 Å². The highest BCUT2D eigenvalue weighted by Crippen LogP contribution is 2.34. The molecule has 0 radical (unpaired) electrons. The number of benzene rings is 2. The molecule has 0 spiro atoms. The van der Waals surface area contributed by atoms with E-state index >= 15 is 0 Å². The van der Waals surface area contributed by atoms with Gasteiger partial charge in [-0.1, -0.05) is 48.5 Å². The number of nitrogens with one attached hydrogen (secondary N) is 2. The average molecular weight is 413 g/mol. The van der Waals surface area contributed by atoms with E-state index in [0.29, 0.717) is 41.5 Å². The van der Waals surface area contributed by atoms with Crippen LogP contribution >= 0.6 is 11.8 Å². The van der Waals surface area contributed by atoms with Crippen LogP contribution in [0.2, 0.25) is 0 Å². The fourth-order valence-electron chi connectivity index (χ4n) is 3.08. The molecule has 3 rings (SSSR count). The monoisotopic (exact) mass is 412 g/mol. The van der Waals surface area contributed by atoms with Crippen LogP contribution in [0.25, 0.3) is 0 Å². The van der Waals surface area contributed by atoms with Crippen molar-refractivity contribution in [3.63, 3.8) is 0 Å². The molecule has 1 unspecified atom stereocenters. The van der Waals surface area contributed by atoms with E-state index in [1.165, 1.54) is 0 Å². The normalized spacial score (nSPS) is 16.1. The molecule has 1 aliphatic rings. The molecule has 7 heteroatoms. The molecule has 152 valence electrons. The van der Waals surface area contributed by atoms with Crippen molar-refractivity contribution in [2.24, 2.45) is 0 Å². The Balaban J connectivity index is 1.87. The summed E-state index contributed by atoms with van der Waals surface area (Å²) in [5.41, 5.74) is 2.58. The molecule has 0 aliphatic carbocycles. The van der Waals surface area contributed by atoms with E-state index in [-0.39, 0.29) is 6.03 Å². The van der Waals surface area contributed by atoms with Crippen molar-refractivity contribution in [1.82, 2.24) is 10.6 Å². The Morgan fingerprint density at radius 2 is 1.83 bits per heavy atom. The van der Waals surface area contributed by atoms with E-state index in [9.17, 15) is 9.59 Å². The van der Waals surface area contributed by atoms with Crippen molar-refractivity contribution < 1.29 is 19.1 Å². The molecule has 1 heterocycles. The minimum Gasteiger partial charge on any atom is -0.489 e. The van der Waals surface area contributed by atoms with Gasteiger partial charge in [0.1, 0.15) is 19.0 Å². The molecular formula is C22H24N2O4S. The van der Waals surface area contributed by atoms with Crippen molar-refractivity contribution in [3.8, 4) is 5.75 Å². The summed E-state index contributed by atoms with van der Waals surface area (Å²) in [6.45, 7) is 2.39. The number of thioether (sulfide) groups is 1. The third-order valence-corrected chi connectivity index (χ3v) is 5.05. The Morgan fingerprint density at radius 3 is 2.59 bits per heavy atom. The standard InChI is InChI=1S/C22H24N2O4S/c1-15-19(21(25)27-12-13-29-2)20(24-22(26)23-15)17-10-6-7-11-18(17)28-14-16-8-4-3-5-9-16/h3-11,20H,12-14H2,1-2H3,(H2,23,24,26). The van der Waals surface area contributed by atoms with Gasteiger partial charge in [-0.25, -0.2) is 9.59 Å². The van der Waals surface area contributed by atoms with Crippen LogP contribution < -0.4 is 15.4 Å². The number of hydrogen-bond acceptors (Lipinski definition) is 5. The smallest absolute Gasteiger partial charge is 0.338 e. The number of rotatable bonds is 8. The lowest BCUT2D eigenvalue weighted by atomic mass is 9.95. The van der Waals surface area contributed by atoms with Gasteiger partial charge in [-0.15, -0.1) is 0 Å². The van der Waals surface area contributed by atoms with E-state index in [4.69, 9.17) is 9.47 Å². The summed E-state index contributed by atoms with van der Waals surface area (Å²) in [5.74, 6) is 0.858. The van der Waals surface area contributed by atoms with Crippen molar-refractivity contribution >= 4 is 23.8 Å². The predicted molar refractivity (Wildman–Crippen MR) is 114 cm³/mol. The largest absolute Gasteiger partial charge is 0.489 e. The Hall–Kier alpha value is -2.93. The van der Waals surface area contributed by atoms with Crippen LogP contribution in [0, 0.1) is 0 Å². The third-order valence-electron chi connectivity index (χ3n) is 4.48. The van der Waals surface area contributed by atoms with Crippen LogP contribution in [0.1, 0.15) is 24.1 Å². The van der Waals surface area contributed by atoms with Gasteiger partial charge in [0.05, 0.1) is 11.6 Å². The second-order valence-corrected chi connectivity index (χ2v) is 7.50. The molecule has 0 fully saturated rings. The first-order chi connectivity index (χ1) is 14.1. The van der Waals surface area contributed by atoms with Gasteiger partial charge in [-0.3, -0.25) is 0 Å². The Labute approximate surface area is 174 Å². The number of para-hydroxylation sites is 1. The maximum absolute atomic E-state index is 12.7. The van der Waals surface area contributed by atoms with Crippen molar-refractivity contribution in [2.75, 3.05) is 18.6 Å². The van der Waals surface area contributed by atoms with Gasteiger partial charge in [0.2, 0.25) is 0 Å². The molecule has 1 atom stereocenters. The van der Waals surface area contributed by atoms with Gasteiger partial charge < -0.3 is 20.1 Å². The van der Waals surface area contributed by atoms with E-state index < -0.39 is 12.0 Å². The lowest BCUT2D eigenvalue weighted by molar-refractivity contribution is -0.138. The zero-order valence-corrected chi connectivity index (χ0v) is 17.3. The number of urea groups is 1. The summed E-state index contributed by atoms with van der Waals surface area (Å²) in [7, 11) is 0. The number of carbonyl (C=O) groups excluding carboxylic acids is 2. The van der Waals surface area contributed by atoms with E-state index in [0.717, 1.165) is 5.56 Å². The van der Waals surface area contributed by atoms with Crippen molar-refractivity contribution in [2.45, 2.75) is 19.6 Å². The summed E-state index contributed by atoms with van der Waals surface area (Å²) in [6.07, 6.45) is 1.95. The summed E-state index contributed by atoms with van der Waals surface area (Å²) >= 11 is 1.60. The van der Waals surface area contributed by atoms with Crippen molar-refractivity contribution in [3.05, 3.63) is 77.0 Å². The lowest BCUT2D eigenvalue weighted by Gasteiger charge is -2.29. The molecule has 2 amide bonds. The lowest BCUT2D eigenvalue weighted by Crippen LogP contribution is -2.45. The van der Waals surface area contributed by atoms with Crippen LogP contribution in [0.5, 0.6) is 5.75 Å². The first kappa shape index (κ1) is 20.8. The highest BCUT2D eigenvalue weighted by molar-refractivity contribution is 7.98. The molecule has 0 aromatic heterocycles. The maximum atomic E-state index is 12.7. The number of hydrogen-bond donors (Lipinski definition) is 2. The molecule has 2 aromatic carbocycles. The summed E-state index contributed by atoms with van der Waals surface area (Å²) in [4.78, 5) is 24.9. The Bertz CT molecular complexity index is 899. The summed E-state index contributed by atoms with van der Waals surface area (Å²) in [5, 5.41) is 5.49. The van der Waals surface area contributed by atoms with E-state index in [2.05, 4.69) is 10.6 Å². The van der Waals surface area contributed by atoms with Crippen molar-refractivity contribution in [1.29, 1.82) is 0 Å². The first-order valence-corrected chi connectivity index (χ1v) is 10.7. The van der Waals surface area contributed by atoms with Crippen LogP contribution in [0.15, 0.2) is 65.9 Å². The molecule has 2 N–H and O–H groups in total. The van der Waals surface area contributed by atoms with Crippen LogP contribution in [-0.2, 0) is 16.1 Å². The van der Waals surface area contributed by atoms with E-state index in [1.807, 2.05) is 60.9 Å². The second-order valence-electron chi connectivity index (χ2n) is 6.51. The van der Waals surface area contributed by atoms with Gasteiger partial charge >= 0.3 is 12.0 Å². The van der Waals surface area contributed by atoms with Gasteiger partial charge in [0, 0.05) is 17.0 Å². The quantitative estimate of drug-likeness (QED) is 0.509. The first-order valence-electron chi connectivity index (χ1n) is 9.30. The average Bonchev–Trinajstić information content (AvgIpc) is 2.72. The molecule has 1 aliphatic heterocycles. The van der Waals surface area contributed by atoms with Crippen LogP contribution in [0.3, 0.4) is 0 Å². The number of amides is 2. The second kappa shape index (κ2) is 10.0. The number of allylic oxidation sites excluding steroid dienone is 1. The fourth-order valence-corrected chi connectivity index (χ4v) is 3.33. The predicted octanol–water partition coefficient (Wildman–Crippen LogP) is 3.80. The zero-order chi connectivity index (χ0) is 20.6. The maximum Gasteiger partial charge on any atom is 0.338 e. The van der Waals surface area contributed by atoms with Gasteiger partial charge in [0.25, 0.3) is 0 Å². The minimum absolute atomic E-state index is 0.309. The summed E-state index contributed by atoms with van der Waals surface area (Å²) in [6, 6.07) is 16.2.